The Labute approximate surface area is 223 Å². The van der Waals surface area contributed by atoms with E-state index in [2.05, 4.69) is 10.3 Å². The number of carbonyl (C=O) groups is 1. The summed E-state index contributed by atoms with van der Waals surface area (Å²) in [6, 6.07) is 10.9. The first-order valence-electron chi connectivity index (χ1n) is 11.7. The highest BCUT2D eigenvalue weighted by Crippen LogP contribution is 2.37. The molecule has 3 rings (SSSR count). The molecule has 1 atom stereocenters. The number of amides is 1. The molecular formula is C27H28ClF4N3O3. The summed E-state index contributed by atoms with van der Waals surface area (Å²) in [7, 11) is 1.39. The number of aromatic nitrogens is 1. The van der Waals surface area contributed by atoms with Crippen molar-refractivity contribution in [3.8, 4) is 22.8 Å². The predicted molar refractivity (Wildman–Crippen MR) is 137 cm³/mol. The molecule has 0 aliphatic rings. The van der Waals surface area contributed by atoms with Gasteiger partial charge in [-0.2, -0.15) is 13.2 Å². The number of halogens is 5. The lowest BCUT2D eigenvalue weighted by molar-refractivity contribution is -0.149. The molecule has 2 aromatic carbocycles. The first-order valence-corrected chi connectivity index (χ1v) is 12.0. The summed E-state index contributed by atoms with van der Waals surface area (Å²) in [6.45, 7) is 4.63. The number of methoxy groups -OCH3 is 1. The van der Waals surface area contributed by atoms with Gasteiger partial charge in [-0.15, -0.1) is 0 Å². The van der Waals surface area contributed by atoms with Crippen LogP contribution in [0.15, 0.2) is 48.5 Å². The van der Waals surface area contributed by atoms with E-state index in [9.17, 15) is 22.4 Å². The monoisotopic (exact) mass is 553 g/mol. The number of pyridine rings is 1. The summed E-state index contributed by atoms with van der Waals surface area (Å²) in [5.74, 6) is -2.89. The third kappa shape index (κ3) is 6.93. The Morgan fingerprint density at radius 3 is 2.39 bits per heavy atom. The summed E-state index contributed by atoms with van der Waals surface area (Å²) in [6.07, 6.45) is -4.76. The Hall–Kier alpha value is -3.37. The van der Waals surface area contributed by atoms with Gasteiger partial charge < -0.3 is 20.5 Å². The zero-order valence-corrected chi connectivity index (χ0v) is 22.0. The molecule has 0 aliphatic carbocycles. The molecule has 0 fully saturated rings. The van der Waals surface area contributed by atoms with Crippen LogP contribution in [0.4, 0.5) is 17.6 Å². The lowest BCUT2D eigenvalue weighted by Gasteiger charge is -2.25. The number of benzene rings is 2. The summed E-state index contributed by atoms with van der Waals surface area (Å²) in [5.41, 5.74) is 5.75. The highest BCUT2D eigenvalue weighted by molar-refractivity contribution is 6.31. The molecule has 204 valence electrons. The Kier molecular flexibility index (Phi) is 8.89. The molecule has 1 aromatic heterocycles. The van der Waals surface area contributed by atoms with Gasteiger partial charge in [0.15, 0.2) is 11.5 Å². The minimum atomic E-state index is -4.76. The van der Waals surface area contributed by atoms with E-state index in [0.29, 0.717) is 23.5 Å². The van der Waals surface area contributed by atoms with Gasteiger partial charge in [-0.1, -0.05) is 11.6 Å². The van der Waals surface area contributed by atoms with E-state index < -0.39 is 35.9 Å². The SMILES string of the molecule is CCOc1ccc(C(=O)NCC(c2cc(C(C)(C)N)cc(-c3ccc(F)c(Cl)c3)n2)C(F)(F)F)cc1OC. The van der Waals surface area contributed by atoms with Crippen molar-refractivity contribution in [2.45, 2.75) is 38.4 Å². The normalized spacial score (nSPS) is 12.7. The van der Waals surface area contributed by atoms with Crippen molar-refractivity contribution in [3.05, 3.63) is 76.2 Å². The van der Waals surface area contributed by atoms with Gasteiger partial charge in [0.25, 0.3) is 5.91 Å². The number of nitrogens with zero attached hydrogens (tertiary/aromatic N) is 1. The van der Waals surface area contributed by atoms with Crippen LogP contribution < -0.4 is 20.5 Å². The van der Waals surface area contributed by atoms with Crippen LogP contribution in [0.1, 0.15) is 48.3 Å². The molecule has 11 heteroatoms. The summed E-state index contributed by atoms with van der Waals surface area (Å²) < 4.78 is 67.1. The highest BCUT2D eigenvalue weighted by Gasteiger charge is 2.42. The second-order valence-electron chi connectivity index (χ2n) is 9.12. The van der Waals surface area contributed by atoms with Gasteiger partial charge in [0.1, 0.15) is 11.7 Å². The predicted octanol–water partition coefficient (Wildman–Crippen LogP) is 6.22. The largest absolute Gasteiger partial charge is 0.493 e. The maximum Gasteiger partial charge on any atom is 0.398 e. The van der Waals surface area contributed by atoms with Crippen LogP contribution in [0.2, 0.25) is 5.02 Å². The Balaban J connectivity index is 1.98. The lowest BCUT2D eigenvalue weighted by atomic mass is 9.91. The van der Waals surface area contributed by atoms with Crippen molar-refractivity contribution < 1.29 is 31.8 Å². The molecule has 0 spiro atoms. The lowest BCUT2D eigenvalue weighted by Crippen LogP contribution is -2.36. The van der Waals surface area contributed by atoms with Crippen molar-refractivity contribution in [1.29, 1.82) is 0 Å². The fraction of sp³-hybridized carbons (Fsp3) is 0.333. The van der Waals surface area contributed by atoms with E-state index >= 15 is 0 Å². The zero-order chi connectivity index (χ0) is 28.3. The molecule has 1 heterocycles. The molecule has 1 unspecified atom stereocenters. The van der Waals surface area contributed by atoms with E-state index in [-0.39, 0.29) is 27.7 Å². The van der Waals surface area contributed by atoms with E-state index in [1.54, 1.807) is 20.8 Å². The smallest absolute Gasteiger partial charge is 0.398 e. The van der Waals surface area contributed by atoms with Crippen molar-refractivity contribution >= 4 is 17.5 Å². The molecule has 3 aromatic rings. The van der Waals surface area contributed by atoms with Gasteiger partial charge in [-0.3, -0.25) is 9.78 Å². The van der Waals surface area contributed by atoms with Gasteiger partial charge in [-0.25, -0.2) is 4.39 Å². The number of hydrogen-bond acceptors (Lipinski definition) is 5. The summed E-state index contributed by atoms with van der Waals surface area (Å²) >= 11 is 5.89. The Morgan fingerprint density at radius 1 is 1.11 bits per heavy atom. The second kappa shape index (κ2) is 11.6. The minimum absolute atomic E-state index is 0.0951. The molecule has 0 bridgehead atoms. The minimum Gasteiger partial charge on any atom is -0.493 e. The average molecular weight is 554 g/mol. The second-order valence-corrected chi connectivity index (χ2v) is 9.53. The average Bonchev–Trinajstić information content (AvgIpc) is 2.84. The molecule has 6 nitrogen and oxygen atoms in total. The fourth-order valence-corrected chi connectivity index (χ4v) is 3.85. The highest BCUT2D eigenvalue weighted by atomic mass is 35.5. The van der Waals surface area contributed by atoms with E-state index in [1.165, 1.54) is 49.6 Å². The number of nitrogens with two attached hydrogens (primary N) is 1. The number of hydrogen-bond donors (Lipinski definition) is 2. The van der Waals surface area contributed by atoms with Gasteiger partial charge >= 0.3 is 6.18 Å². The number of carbonyl (C=O) groups excluding carboxylic acids is 1. The molecule has 38 heavy (non-hydrogen) atoms. The number of ether oxygens (including phenoxy) is 2. The molecule has 0 saturated heterocycles. The van der Waals surface area contributed by atoms with Crippen LogP contribution in [-0.4, -0.2) is 37.3 Å². The van der Waals surface area contributed by atoms with Crippen LogP contribution in [0.25, 0.3) is 11.3 Å². The van der Waals surface area contributed by atoms with Crippen LogP contribution in [0.3, 0.4) is 0 Å². The molecule has 1 amide bonds. The van der Waals surface area contributed by atoms with E-state index in [4.69, 9.17) is 26.8 Å². The molecule has 0 radical (unpaired) electrons. The quantitative estimate of drug-likeness (QED) is 0.307. The fourth-order valence-electron chi connectivity index (χ4n) is 3.67. The zero-order valence-electron chi connectivity index (χ0n) is 21.2. The van der Waals surface area contributed by atoms with E-state index in [0.717, 1.165) is 6.07 Å². The van der Waals surface area contributed by atoms with Gasteiger partial charge in [0.05, 0.1) is 30.1 Å². The first kappa shape index (κ1) is 29.2. The first-order chi connectivity index (χ1) is 17.7. The topological polar surface area (TPSA) is 86.5 Å². The third-order valence-electron chi connectivity index (χ3n) is 5.75. The molecule has 0 aliphatic heterocycles. The maximum atomic E-state index is 14.3. The van der Waals surface area contributed by atoms with Crippen molar-refractivity contribution in [3.63, 3.8) is 0 Å². The maximum absolute atomic E-state index is 14.3. The number of nitrogens with one attached hydrogen (secondary N) is 1. The molecule has 0 saturated carbocycles. The molecular weight excluding hydrogens is 526 g/mol. The van der Waals surface area contributed by atoms with Crippen LogP contribution in [-0.2, 0) is 5.54 Å². The van der Waals surface area contributed by atoms with E-state index in [1.807, 2.05) is 0 Å². The summed E-state index contributed by atoms with van der Waals surface area (Å²) in [5, 5.41) is 2.14. The van der Waals surface area contributed by atoms with Crippen LogP contribution >= 0.6 is 11.6 Å². The number of rotatable bonds is 9. The van der Waals surface area contributed by atoms with Gasteiger partial charge in [0, 0.05) is 23.2 Å². The van der Waals surface area contributed by atoms with Crippen molar-refractivity contribution in [2.75, 3.05) is 20.3 Å². The standard InChI is InChI=1S/C27H28ClF4N3O3/c1-5-38-23-9-7-16(11-24(23)37-4)25(36)34-14-18(27(30,31)32)22-13-17(26(2,3)33)12-21(35-22)15-6-8-20(29)19(28)10-15/h6-13,18H,5,14,33H2,1-4H3,(H,34,36). The van der Waals surface area contributed by atoms with Crippen LogP contribution in [0.5, 0.6) is 11.5 Å². The van der Waals surface area contributed by atoms with Crippen molar-refractivity contribution in [1.82, 2.24) is 10.3 Å². The Morgan fingerprint density at radius 2 is 1.82 bits per heavy atom. The Bertz CT molecular complexity index is 1310. The van der Waals surface area contributed by atoms with Crippen molar-refractivity contribution in [2.24, 2.45) is 5.73 Å². The number of alkyl halides is 3. The molecule has 3 N–H and O–H groups in total. The summed E-state index contributed by atoms with van der Waals surface area (Å²) in [4.78, 5) is 17.0. The third-order valence-corrected chi connectivity index (χ3v) is 6.04. The van der Waals surface area contributed by atoms with Gasteiger partial charge in [-0.05, 0) is 74.9 Å². The van der Waals surface area contributed by atoms with Crippen LogP contribution in [0, 0.1) is 5.82 Å². The van der Waals surface area contributed by atoms with Gasteiger partial charge in [0.2, 0.25) is 0 Å².